The van der Waals surface area contributed by atoms with Crippen LogP contribution in [0.4, 0.5) is 5.82 Å². The number of nitrogens with zero attached hydrogens (tertiary/aromatic N) is 9. The van der Waals surface area contributed by atoms with Gasteiger partial charge in [-0.1, -0.05) is 0 Å². The topological polar surface area (TPSA) is 114 Å². The number of hydrogen-bond donors (Lipinski definition) is 0. The molecule has 0 spiro atoms. The van der Waals surface area contributed by atoms with Crippen molar-refractivity contribution < 1.29 is 8.42 Å². The maximum absolute atomic E-state index is 12.9. The molecule has 0 saturated carbocycles. The Morgan fingerprint density at radius 1 is 1.03 bits per heavy atom. The molecule has 160 valence electrons. The van der Waals surface area contributed by atoms with Gasteiger partial charge in [-0.15, -0.1) is 15.3 Å². The van der Waals surface area contributed by atoms with Crippen LogP contribution in [-0.4, -0.2) is 73.2 Å². The van der Waals surface area contributed by atoms with E-state index in [1.807, 2.05) is 24.3 Å². The standard InChI is InChI=1S/C19H21N9O2S/c1-25-13-18(21-14-25)31(29,30)27-9-3-8-26(10-11-27)17-6-5-16-22-23-19(28(16)24-17)15-4-2-7-20-12-15/h2,4-7,12-14H,3,8-11H2,1H3. The second-order valence-electron chi connectivity index (χ2n) is 7.35. The molecule has 0 radical (unpaired) electrons. The Labute approximate surface area is 179 Å². The molecule has 0 atom stereocenters. The largest absolute Gasteiger partial charge is 0.354 e. The van der Waals surface area contributed by atoms with Gasteiger partial charge in [0.2, 0.25) is 0 Å². The number of imidazole rings is 1. The Bertz CT molecular complexity index is 1320. The van der Waals surface area contributed by atoms with Crippen molar-refractivity contribution in [3.05, 3.63) is 49.2 Å². The minimum Gasteiger partial charge on any atom is -0.354 e. The van der Waals surface area contributed by atoms with Crippen molar-refractivity contribution in [2.24, 2.45) is 7.05 Å². The number of aromatic nitrogens is 7. The number of pyridine rings is 1. The van der Waals surface area contributed by atoms with E-state index in [9.17, 15) is 8.42 Å². The van der Waals surface area contributed by atoms with E-state index in [1.54, 1.807) is 28.5 Å². The van der Waals surface area contributed by atoms with Crippen LogP contribution in [0, 0.1) is 0 Å². The van der Waals surface area contributed by atoms with Crippen LogP contribution in [0.3, 0.4) is 0 Å². The van der Waals surface area contributed by atoms with Crippen molar-refractivity contribution >= 4 is 21.5 Å². The highest BCUT2D eigenvalue weighted by molar-refractivity contribution is 7.89. The van der Waals surface area contributed by atoms with Crippen LogP contribution in [0.1, 0.15) is 6.42 Å². The minimum atomic E-state index is -3.62. The zero-order valence-electron chi connectivity index (χ0n) is 16.9. The summed E-state index contributed by atoms with van der Waals surface area (Å²) in [7, 11) is -1.86. The first-order valence-corrected chi connectivity index (χ1v) is 11.3. The van der Waals surface area contributed by atoms with Crippen LogP contribution in [-0.2, 0) is 17.1 Å². The molecule has 4 aromatic rings. The van der Waals surface area contributed by atoms with Crippen LogP contribution >= 0.6 is 0 Å². The van der Waals surface area contributed by atoms with E-state index in [2.05, 4.69) is 25.1 Å². The van der Waals surface area contributed by atoms with Gasteiger partial charge in [-0.3, -0.25) is 4.98 Å². The fourth-order valence-electron chi connectivity index (χ4n) is 3.64. The summed E-state index contributed by atoms with van der Waals surface area (Å²) in [5.41, 5.74) is 1.46. The molecule has 0 unspecified atom stereocenters. The van der Waals surface area contributed by atoms with Gasteiger partial charge < -0.3 is 9.47 Å². The van der Waals surface area contributed by atoms with E-state index in [4.69, 9.17) is 5.10 Å². The van der Waals surface area contributed by atoms with Crippen molar-refractivity contribution in [3.63, 3.8) is 0 Å². The molecule has 0 aromatic carbocycles. The SMILES string of the molecule is Cn1cnc(S(=O)(=O)N2CCCN(c3ccc4nnc(-c5cccnc5)n4n3)CC2)c1. The average Bonchev–Trinajstić information content (AvgIpc) is 3.32. The van der Waals surface area contributed by atoms with Gasteiger partial charge in [-0.05, 0) is 30.7 Å². The highest BCUT2D eigenvalue weighted by Gasteiger charge is 2.29. The van der Waals surface area contributed by atoms with E-state index >= 15 is 0 Å². The third-order valence-electron chi connectivity index (χ3n) is 5.23. The third kappa shape index (κ3) is 3.64. The average molecular weight is 440 g/mol. The Hall–Kier alpha value is -3.38. The molecule has 31 heavy (non-hydrogen) atoms. The monoisotopic (exact) mass is 439 g/mol. The number of hydrogen-bond acceptors (Lipinski definition) is 8. The second-order valence-corrected chi connectivity index (χ2v) is 9.23. The summed E-state index contributed by atoms with van der Waals surface area (Å²) in [6, 6.07) is 7.50. The summed E-state index contributed by atoms with van der Waals surface area (Å²) in [6.45, 7) is 2.01. The Balaban J connectivity index is 1.40. The molecule has 12 heteroatoms. The molecular formula is C19H21N9O2S. The summed E-state index contributed by atoms with van der Waals surface area (Å²) in [5, 5.41) is 13.2. The summed E-state index contributed by atoms with van der Waals surface area (Å²) < 4.78 is 30.7. The third-order valence-corrected chi connectivity index (χ3v) is 7.02. The van der Waals surface area contributed by atoms with Crippen molar-refractivity contribution in [3.8, 4) is 11.4 Å². The Morgan fingerprint density at radius 2 is 1.94 bits per heavy atom. The predicted octanol–water partition coefficient (Wildman–Crippen LogP) is 0.821. The summed E-state index contributed by atoms with van der Waals surface area (Å²) in [5.74, 6) is 1.36. The molecule has 0 amide bonds. The van der Waals surface area contributed by atoms with Crippen molar-refractivity contribution in [2.45, 2.75) is 11.4 Å². The van der Waals surface area contributed by atoms with Crippen LogP contribution < -0.4 is 4.90 Å². The normalized spacial score (nSPS) is 16.0. The number of anilines is 1. The highest BCUT2D eigenvalue weighted by atomic mass is 32.2. The van der Waals surface area contributed by atoms with Gasteiger partial charge in [0, 0.05) is 57.4 Å². The molecule has 0 N–H and O–H groups in total. The number of aryl methyl sites for hydroxylation is 1. The maximum atomic E-state index is 12.9. The van der Waals surface area contributed by atoms with E-state index in [0.29, 0.717) is 44.1 Å². The molecule has 1 saturated heterocycles. The van der Waals surface area contributed by atoms with Gasteiger partial charge in [0.25, 0.3) is 10.0 Å². The summed E-state index contributed by atoms with van der Waals surface area (Å²) in [6.07, 6.45) is 7.13. The summed E-state index contributed by atoms with van der Waals surface area (Å²) >= 11 is 0. The molecule has 0 aliphatic carbocycles. The van der Waals surface area contributed by atoms with Gasteiger partial charge in [0.1, 0.15) is 5.82 Å². The molecule has 5 heterocycles. The van der Waals surface area contributed by atoms with E-state index in [1.165, 1.54) is 16.8 Å². The maximum Gasteiger partial charge on any atom is 0.262 e. The highest BCUT2D eigenvalue weighted by Crippen LogP contribution is 2.21. The van der Waals surface area contributed by atoms with Gasteiger partial charge >= 0.3 is 0 Å². The minimum absolute atomic E-state index is 0.0774. The van der Waals surface area contributed by atoms with E-state index in [0.717, 1.165) is 11.4 Å². The number of sulfonamides is 1. The molecule has 1 aliphatic rings. The van der Waals surface area contributed by atoms with Gasteiger partial charge in [0.15, 0.2) is 16.5 Å². The molecule has 1 aliphatic heterocycles. The molecule has 0 bridgehead atoms. The predicted molar refractivity (Wildman–Crippen MR) is 113 cm³/mol. The second kappa shape index (κ2) is 7.71. The van der Waals surface area contributed by atoms with Crippen LogP contribution in [0.2, 0.25) is 0 Å². The first kappa shape index (κ1) is 19.6. The zero-order chi connectivity index (χ0) is 21.4. The van der Waals surface area contributed by atoms with Gasteiger partial charge in [0.05, 0.1) is 6.33 Å². The number of rotatable bonds is 4. The first-order valence-electron chi connectivity index (χ1n) is 9.88. The first-order chi connectivity index (χ1) is 15.0. The quantitative estimate of drug-likeness (QED) is 0.459. The Kier molecular flexibility index (Phi) is 4.87. The van der Waals surface area contributed by atoms with Crippen molar-refractivity contribution in [2.75, 3.05) is 31.1 Å². The fourth-order valence-corrected chi connectivity index (χ4v) is 5.08. The molecular weight excluding hydrogens is 418 g/mol. The van der Waals surface area contributed by atoms with E-state index < -0.39 is 10.0 Å². The van der Waals surface area contributed by atoms with Crippen LogP contribution in [0.15, 0.2) is 54.2 Å². The fraction of sp³-hybridized carbons (Fsp3) is 0.316. The molecule has 1 fully saturated rings. The lowest BCUT2D eigenvalue weighted by Crippen LogP contribution is -2.35. The van der Waals surface area contributed by atoms with Crippen molar-refractivity contribution in [1.29, 1.82) is 0 Å². The molecule has 5 rings (SSSR count). The van der Waals surface area contributed by atoms with E-state index in [-0.39, 0.29) is 5.03 Å². The van der Waals surface area contributed by atoms with Gasteiger partial charge in [-0.2, -0.15) is 8.82 Å². The van der Waals surface area contributed by atoms with Gasteiger partial charge in [-0.25, -0.2) is 13.4 Å². The zero-order valence-corrected chi connectivity index (χ0v) is 17.7. The van der Waals surface area contributed by atoms with Crippen LogP contribution in [0.25, 0.3) is 17.0 Å². The Morgan fingerprint density at radius 3 is 2.71 bits per heavy atom. The lowest BCUT2D eigenvalue weighted by atomic mass is 10.3. The number of fused-ring (bicyclic) bond motifs is 1. The lowest BCUT2D eigenvalue weighted by Gasteiger charge is -2.22. The molecule has 11 nitrogen and oxygen atoms in total. The smallest absolute Gasteiger partial charge is 0.262 e. The molecule has 4 aromatic heterocycles. The lowest BCUT2D eigenvalue weighted by molar-refractivity contribution is 0.431. The van der Waals surface area contributed by atoms with Crippen molar-refractivity contribution in [1.82, 2.24) is 38.7 Å². The summed E-state index contributed by atoms with van der Waals surface area (Å²) in [4.78, 5) is 10.2. The van der Waals surface area contributed by atoms with Crippen LogP contribution in [0.5, 0.6) is 0 Å².